The molecule has 0 saturated carbocycles. The fraction of sp³-hybridized carbons (Fsp3) is 0.280. The molecule has 2 heterocycles. The van der Waals surface area contributed by atoms with E-state index in [-0.39, 0.29) is 36.6 Å². The van der Waals surface area contributed by atoms with Gasteiger partial charge < -0.3 is 28.8 Å². The number of para-hydroxylation sites is 1. The van der Waals surface area contributed by atoms with E-state index < -0.39 is 0 Å². The lowest BCUT2D eigenvalue weighted by Crippen LogP contribution is -2.40. The van der Waals surface area contributed by atoms with Gasteiger partial charge in [0.05, 0.1) is 39.8 Å². The van der Waals surface area contributed by atoms with Crippen LogP contribution in [0, 0.1) is 0 Å². The van der Waals surface area contributed by atoms with Crippen LogP contribution >= 0.6 is 11.8 Å². The summed E-state index contributed by atoms with van der Waals surface area (Å²) in [5.74, 6) is 1.77. The summed E-state index contributed by atoms with van der Waals surface area (Å²) in [5.41, 5.74) is 1.58. The maximum atomic E-state index is 13.4. The summed E-state index contributed by atoms with van der Waals surface area (Å²) in [5, 5.41) is 2.60. The number of hydrogen-bond donors (Lipinski definition) is 1. The fourth-order valence-corrected chi connectivity index (χ4v) is 5.08. The highest BCUT2D eigenvalue weighted by Gasteiger charge is 2.31. The van der Waals surface area contributed by atoms with E-state index in [4.69, 9.17) is 18.6 Å². The molecule has 0 aliphatic carbocycles. The van der Waals surface area contributed by atoms with Gasteiger partial charge in [-0.15, -0.1) is 11.8 Å². The molecule has 2 amide bonds. The number of ether oxygens (including phenoxy) is 3. The first-order chi connectivity index (χ1) is 16.5. The number of nitrogens with zero attached hydrogens (tertiary/aromatic N) is 1. The lowest BCUT2D eigenvalue weighted by molar-refractivity contribution is -0.124. The lowest BCUT2D eigenvalue weighted by Gasteiger charge is -2.22. The highest BCUT2D eigenvalue weighted by molar-refractivity contribution is 7.99. The third kappa shape index (κ3) is 4.99. The second kappa shape index (κ2) is 10.6. The normalized spacial score (nSPS) is 15.3. The van der Waals surface area contributed by atoms with E-state index in [0.29, 0.717) is 28.7 Å². The molecule has 3 aromatic rings. The van der Waals surface area contributed by atoms with Crippen LogP contribution in [0.25, 0.3) is 0 Å². The van der Waals surface area contributed by atoms with Crippen molar-refractivity contribution in [1.82, 2.24) is 5.32 Å². The number of nitrogens with one attached hydrogen (secondary N) is 1. The molecule has 1 aromatic heterocycles. The van der Waals surface area contributed by atoms with Gasteiger partial charge in [0.25, 0.3) is 0 Å². The molecule has 1 N–H and O–H groups in total. The molecule has 1 atom stereocenters. The highest BCUT2D eigenvalue weighted by atomic mass is 32.2. The Morgan fingerprint density at radius 2 is 1.82 bits per heavy atom. The Morgan fingerprint density at radius 3 is 2.47 bits per heavy atom. The number of amides is 2. The number of furan rings is 1. The molecule has 4 rings (SSSR count). The van der Waals surface area contributed by atoms with Crippen LogP contribution in [0.3, 0.4) is 0 Å². The standard InChI is InChI=1S/C25H26N2O6S/c1-30-19-11-16(12-20(31-2)25(19)32-3)22-13-24(29)27(18-8-4-5-9-21(18)34-22)15-23(28)26-14-17-7-6-10-33-17/h4-12,22H,13-15H2,1-3H3,(H,26,28)/t22-/m1/s1. The van der Waals surface area contributed by atoms with Gasteiger partial charge in [-0.25, -0.2) is 0 Å². The van der Waals surface area contributed by atoms with Crippen molar-refractivity contribution in [2.75, 3.05) is 32.8 Å². The van der Waals surface area contributed by atoms with E-state index in [1.807, 2.05) is 36.4 Å². The Hall–Kier alpha value is -3.59. The number of fused-ring (bicyclic) bond motifs is 1. The predicted molar refractivity (Wildman–Crippen MR) is 129 cm³/mol. The topological polar surface area (TPSA) is 90.2 Å². The largest absolute Gasteiger partial charge is 0.493 e. The van der Waals surface area contributed by atoms with Crippen LogP contribution in [0.1, 0.15) is 23.0 Å². The van der Waals surface area contributed by atoms with Gasteiger partial charge in [0, 0.05) is 16.6 Å². The average molecular weight is 483 g/mol. The summed E-state index contributed by atoms with van der Waals surface area (Å²) < 4.78 is 21.7. The minimum Gasteiger partial charge on any atom is -0.493 e. The molecule has 0 bridgehead atoms. The Labute approximate surface area is 202 Å². The number of anilines is 1. The Bertz CT molecular complexity index is 1140. The van der Waals surface area contributed by atoms with Crippen molar-refractivity contribution in [3.8, 4) is 17.2 Å². The van der Waals surface area contributed by atoms with E-state index >= 15 is 0 Å². The van der Waals surface area contributed by atoms with Gasteiger partial charge >= 0.3 is 0 Å². The SMILES string of the molecule is COc1cc([C@H]2CC(=O)N(CC(=O)NCc3ccco3)c3ccccc3S2)cc(OC)c1OC. The molecule has 0 unspecified atom stereocenters. The molecule has 2 aromatic carbocycles. The Balaban J connectivity index is 1.60. The molecule has 8 nitrogen and oxygen atoms in total. The van der Waals surface area contributed by atoms with Crippen molar-refractivity contribution in [3.63, 3.8) is 0 Å². The second-order valence-electron chi connectivity index (χ2n) is 7.57. The number of benzene rings is 2. The monoisotopic (exact) mass is 482 g/mol. The third-order valence-electron chi connectivity index (χ3n) is 5.49. The molecule has 0 fully saturated rings. The summed E-state index contributed by atoms with van der Waals surface area (Å²) in [4.78, 5) is 28.5. The van der Waals surface area contributed by atoms with E-state index in [2.05, 4.69) is 5.32 Å². The molecule has 34 heavy (non-hydrogen) atoms. The zero-order chi connectivity index (χ0) is 24.1. The van der Waals surface area contributed by atoms with Crippen molar-refractivity contribution in [2.24, 2.45) is 0 Å². The van der Waals surface area contributed by atoms with Crippen molar-refractivity contribution in [3.05, 3.63) is 66.1 Å². The van der Waals surface area contributed by atoms with Gasteiger partial charge in [-0.2, -0.15) is 0 Å². The summed E-state index contributed by atoms with van der Waals surface area (Å²) in [7, 11) is 4.67. The summed E-state index contributed by atoms with van der Waals surface area (Å²) >= 11 is 1.57. The van der Waals surface area contributed by atoms with E-state index in [0.717, 1.165) is 10.5 Å². The smallest absolute Gasteiger partial charge is 0.240 e. The van der Waals surface area contributed by atoms with Gasteiger partial charge in [0.1, 0.15) is 12.3 Å². The lowest BCUT2D eigenvalue weighted by atomic mass is 10.1. The number of hydrogen-bond acceptors (Lipinski definition) is 7. The molecule has 9 heteroatoms. The molecular weight excluding hydrogens is 456 g/mol. The van der Waals surface area contributed by atoms with Crippen LogP contribution in [0.4, 0.5) is 5.69 Å². The highest BCUT2D eigenvalue weighted by Crippen LogP contribution is 2.48. The Morgan fingerprint density at radius 1 is 1.09 bits per heavy atom. The van der Waals surface area contributed by atoms with Gasteiger partial charge in [-0.05, 0) is 42.0 Å². The second-order valence-corrected chi connectivity index (χ2v) is 8.82. The average Bonchev–Trinajstić information content (AvgIpc) is 3.34. The summed E-state index contributed by atoms with van der Waals surface area (Å²) in [6, 6.07) is 14.9. The van der Waals surface area contributed by atoms with E-state index in [9.17, 15) is 9.59 Å². The number of thioether (sulfide) groups is 1. The Kier molecular flexibility index (Phi) is 7.32. The number of methoxy groups -OCH3 is 3. The number of carbonyl (C=O) groups is 2. The zero-order valence-electron chi connectivity index (χ0n) is 19.2. The molecule has 0 saturated heterocycles. The van der Waals surface area contributed by atoms with Gasteiger partial charge in [0.2, 0.25) is 17.6 Å². The molecule has 0 spiro atoms. The quantitative estimate of drug-likeness (QED) is 0.515. The van der Waals surface area contributed by atoms with Crippen LogP contribution < -0.4 is 24.4 Å². The van der Waals surface area contributed by atoms with Crippen LogP contribution in [-0.2, 0) is 16.1 Å². The third-order valence-corrected chi connectivity index (χ3v) is 6.81. The predicted octanol–water partition coefficient (Wildman–Crippen LogP) is 4.19. The zero-order valence-corrected chi connectivity index (χ0v) is 20.0. The van der Waals surface area contributed by atoms with E-state index in [1.165, 1.54) is 4.90 Å². The molecule has 178 valence electrons. The maximum Gasteiger partial charge on any atom is 0.240 e. The van der Waals surface area contributed by atoms with Gasteiger partial charge in [0.15, 0.2) is 11.5 Å². The maximum absolute atomic E-state index is 13.4. The van der Waals surface area contributed by atoms with Crippen LogP contribution in [0.2, 0.25) is 0 Å². The minimum absolute atomic E-state index is 0.0842. The summed E-state index contributed by atoms with van der Waals surface area (Å²) in [6.45, 7) is 0.178. The first-order valence-corrected chi connectivity index (χ1v) is 11.6. The fourth-order valence-electron chi connectivity index (χ4n) is 3.82. The van der Waals surface area contributed by atoms with Crippen molar-refractivity contribution < 1.29 is 28.2 Å². The van der Waals surface area contributed by atoms with Crippen LogP contribution in [0.15, 0.2) is 64.1 Å². The first kappa shape index (κ1) is 23.6. The van der Waals surface area contributed by atoms with Crippen molar-refractivity contribution >= 4 is 29.3 Å². The molecule has 1 aliphatic heterocycles. The minimum atomic E-state index is -0.268. The van der Waals surface area contributed by atoms with E-state index in [1.54, 1.807) is 51.5 Å². The molecule has 1 aliphatic rings. The number of rotatable bonds is 8. The van der Waals surface area contributed by atoms with Gasteiger partial charge in [-0.3, -0.25) is 9.59 Å². The number of carbonyl (C=O) groups excluding carboxylic acids is 2. The molecular formula is C25H26N2O6S. The van der Waals surface area contributed by atoms with Gasteiger partial charge in [-0.1, -0.05) is 12.1 Å². The first-order valence-electron chi connectivity index (χ1n) is 10.7. The summed E-state index contributed by atoms with van der Waals surface area (Å²) in [6.07, 6.45) is 1.75. The van der Waals surface area contributed by atoms with Crippen molar-refractivity contribution in [1.29, 1.82) is 0 Å². The molecule has 0 radical (unpaired) electrons. The van der Waals surface area contributed by atoms with Crippen molar-refractivity contribution in [2.45, 2.75) is 23.1 Å². The van der Waals surface area contributed by atoms with Crippen LogP contribution in [0.5, 0.6) is 17.2 Å². The van der Waals surface area contributed by atoms with Crippen LogP contribution in [-0.4, -0.2) is 39.7 Å².